The number of benzene rings is 1. The molecular formula is C10H8BrClO3. The van der Waals surface area contributed by atoms with Gasteiger partial charge in [0.25, 0.3) is 5.78 Å². The van der Waals surface area contributed by atoms with Crippen molar-refractivity contribution in [2.45, 2.75) is 5.38 Å². The standard InChI is InChI=1S/C10H8BrClO3/c1-15-10(14)9(13)8(12)6-4-2-3-5-7(6)11/h2-5,8H,1H3. The van der Waals surface area contributed by atoms with Crippen molar-refractivity contribution in [2.24, 2.45) is 0 Å². The van der Waals surface area contributed by atoms with Crippen LogP contribution in [0, 0.1) is 0 Å². The van der Waals surface area contributed by atoms with Gasteiger partial charge in [0, 0.05) is 4.47 Å². The minimum atomic E-state index is -1.02. The van der Waals surface area contributed by atoms with E-state index in [4.69, 9.17) is 11.6 Å². The highest BCUT2D eigenvalue weighted by atomic mass is 79.9. The fourth-order valence-corrected chi connectivity index (χ4v) is 1.95. The molecule has 0 aliphatic carbocycles. The highest BCUT2D eigenvalue weighted by Crippen LogP contribution is 2.28. The third-order valence-corrected chi connectivity index (χ3v) is 2.95. The van der Waals surface area contributed by atoms with Crippen LogP contribution < -0.4 is 0 Å². The summed E-state index contributed by atoms with van der Waals surface area (Å²) in [6, 6.07) is 6.94. The maximum Gasteiger partial charge on any atom is 0.376 e. The zero-order chi connectivity index (χ0) is 11.4. The fourth-order valence-electron chi connectivity index (χ4n) is 1.03. The molecular weight excluding hydrogens is 283 g/mol. The van der Waals surface area contributed by atoms with Crippen LogP contribution in [0.2, 0.25) is 0 Å². The first-order valence-corrected chi connectivity index (χ1v) is 5.31. The molecule has 0 amide bonds. The van der Waals surface area contributed by atoms with Gasteiger partial charge in [0.2, 0.25) is 0 Å². The molecule has 1 atom stereocenters. The van der Waals surface area contributed by atoms with E-state index in [0.717, 1.165) is 7.11 Å². The molecule has 0 aliphatic heterocycles. The topological polar surface area (TPSA) is 43.4 Å². The number of hydrogen-bond acceptors (Lipinski definition) is 3. The monoisotopic (exact) mass is 290 g/mol. The summed E-state index contributed by atoms with van der Waals surface area (Å²) >= 11 is 9.10. The molecule has 0 N–H and O–H groups in total. The van der Waals surface area contributed by atoms with Crippen molar-refractivity contribution in [1.82, 2.24) is 0 Å². The van der Waals surface area contributed by atoms with E-state index in [-0.39, 0.29) is 0 Å². The lowest BCUT2D eigenvalue weighted by atomic mass is 10.1. The number of Topliss-reactive ketones (excluding diaryl/α,β-unsaturated/α-hetero) is 1. The van der Waals surface area contributed by atoms with E-state index in [1.807, 2.05) is 0 Å². The molecule has 0 radical (unpaired) electrons. The summed E-state index contributed by atoms with van der Waals surface area (Å²) < 4.78 is 4.99. The zero-order valence-electron chi connectivity index (χ0n) is 7.87. The van der Waals surface area contributed by atoms with Crippen LogP contribution >= 0.6 is 27.5 Å². The van der Waals surface area contributed by atoms with Gasteiger partial charge in [0.05, 0.1) is 7.11 Å². The summed E-state index contributed by atoms with van der Waals surface area (Å²) in [5.41, 5.74) is 0.551. The van der Waals surface area contributed by atoms with E-state index in [1.165, 1.54) is 0 Å². The first-order chi connectivity index (χ1) is 7.07. The zero-order valence-corrected chi connectivity index (χ0v) is 10.2. The van der Waals surface area contributed by atoms with Crippen LogP contribution in [-0.2, 0) is 14.3 Å². The smallest absolute Gasteiger partial charge is 0.376 e. The highest BCUT2D eigenvalue weighted by Gasteiger charge is 2.26. The quantitative estimate of drug-likeness (QED) is 0.488. The Labute approximate surface area is 100 Å². The molecule has 1 aromatic carbocycles. The van der Waals surface area contributed by atoms with Crippen LogP contribution in [0.15, 0.2) is 28.7 Å². The van der Waals surface area contributed by atoms with Crippen LogP contribution in [0.3, 0.4) is 0 Å². The Hall–Kier alpha value is -0.870. The molecule has 3 nitrogen and oxygen atoms in total. The predicted octanol–water partition coefficient (Wildman–Crippen LogP) is 2.47. The largest absolute Gasteiger partial charge is 0.463 e. The van der Waals surface area contributed by atoms with Gasteiger partial charge in [-0.1, -0.05) is 34.1 Å². The lowest BCUT2D eigenvalue weighted by Gasteiger charge is -2.08. The SMILES string of the molecule is COC(=O)C(=O)C(Cl)c1ccccc1Br. The van der Waals surface area contributed by atoms with Gasteiger partial charge in [0.15, 0.2) is 0 Å². The summed E-state index contributed by atoms with van der Waals surface area (Å²) in [5, 5.41) is -1.02. The third-order valence-electron chi connectivity index (χ3n) is 1.80. The first-order valence-electron chi connectivity index (χ1n) is 4.08. The number of alkyl halides is 1. The molecule has 1 aromatic rings. The van der Waals surface area contributed by atoms with Gasteiger partial charge in [-0.15, -0.1) is 11.6 Å². The van der Waals surface area contributed by atoms with Crippen molar-refractivity contribution < 1.29 is 14.3 Å². The third kappa shape index (κ3) is 2.79. The summed E-state index contributed by atoms with van der Waals surface area (Å²) in [6.45, 7) is 0. The molecule has 0 heterocycles. The predicted molar refractivity (Wildman–Crippen MR) is 59.8 cm³/mol. The number of methoxy groups -OCH3 is 1. The van der Waals surface area contributed by atoms with Crippen LogP contribution in [0.5, 0.6) is 0 Å². The van der Waals surface area contributed by atoms with Crippen molar-refractivity contribution in [2.75, 3.05) is 7.11 Å². The molecule has 0 spiro atoms. The maximum absolute atomic E-state index is 11.4. The van der Waals surface area contributed by atoms with E-state index in [9.17, 15) is 9.59 Å². The van der Waals surface area contributed by atoms with E-state index in [1.54, 1.807) is 24.3 Å². The van der Waals surface area contributed by atoms with Crippen molar-refractivity contribution >= 4 is 39.3 Å². The van der Waals surface area contributed by atoms with Gasteiger partial charge in [0.1, 0.15) is 5.38 Å². The Morgan fingerprint density at radius 2 is 2.00 bits per heavy atom. The molecule has 80 valence electrons. The average molecular weight is 292 g/mol. The fraction of sp³-hybridized carbons (Fsp3) is 0.200. The molecule has 15 heavy (non-hydrogen) atoms. The number of halogens is 2. The minimum absolute atomic E-state index is 0.551. The summed E-state index contributed by atoms with van der Waals surface area (Å²) in [6.07, 6.45) is 0. The Bertz CT molecular complexity index is 392. The minimum Gasteiger partial charge on any atom is -0.463 e. The van der Waals surface area contributed by atoms with Crippen molar-refractivity contribution in [3.63, 3.8) is 0 Å². The molecule has 0 fully saturated rings. The van der Waals surface area contributed by atoms with Gasteiger partial charge < -0.3 is 4.74 Å². The molecule has 1 unspecified atom stereocenters. The highest BCUT2D eigenvalue weighted by molar-refractivity contribution is 9.10. The van der Waals surface area contributed by atoms with Gasteiger partial charge in [-0.2, -0.15) is 0 Å². The second-order valence-corrected chi connectivity index (χ2v) is 4.03. The van der Waals surface area contributed by atoms with Crippen LogP contribution in [-0.4, -0.2) is 18.9 Å². The second kappa shape index (κ2) is 5.28. The number of carbonyl (C=O) groups is 2. The molecule has 0 bridgehead atoms. The number of ketones is 1. The maximum atomic E-state index is 11.4. The van der Waals surface area contributed by atoms with Gasteiger partial charge in [-0.05, 0) is 11.6 Å². The van der Waals surface area contributed by atoms with Crippen LogP contribution in [0.4, 0.5) is 0 Å². The molecule has 1 rings (SSSR count). The van der Waals surface area contributed by atoms with Crippen molar-refractivity contribution in [3.05, 3.63) is 34.3 Å². The number of rotatable bonds is 3. The molecule has 0 aromatic heterocycles. The lowest BCUT2D eigenvalue weighted by molar-refractivity contribution is -0.151. The summed E-state index contributed by atoms with van der Waals surface area (Å²) in [5.74, 6) is -1.71. The second-order valence-electron chi connectivity index (χ2n) is 2.74. The van der Waals surface area contributed by atoms with Gasteiger partial charge >= 0.3 is 5.97 Å². The van der Waals surface area contributed by atoms with Crippen molar-refractivity contribution in [3.8, 4) is 0 Å². The Morgan fingerprint density at radius 3 is 2.53 bits per heavy atom. The number of ether oxygens (including phenoxy) is 1. The van der Waals surface area contributed by atoms with E-state index in [2.05, 4.69) is 20.7 Å². The Balaban J connectivity index is 2.95. The van der Waals surface area contributed by atoms with Crippen LogP contribution in [0.25, 0.3) is 0 Å². The Kier molecular flexibility index (Phi) is 4.29. The molecule has 0 saturated heterocycles. The summed E-state index contributed by atoms with van der Waals surface area (Å²) in [4.78, 5) is 22.4. The van der Waals surface area contributed by atoms with Crippen molar-refractivity contribution in [1.29, 1.82) is 0 Å². The first kappa shape index (κ1) is 12.2. The average Bonchev–Trinajstić information content (AvgIpc) is 2.26. The number of hydrogen-bond donors (Lipinski definition) is 0. The van der Waals surface area contributed by atoms with Gasteiger partial charge in [-0.25, -0.2) is 4.79 Å². The van der Waals surface area contributed by atoms with Crippen LogP contribution in [0.1, 0.15) is 10.9 Å². The molecule has 0 aliphatic rings. The van der Waals surface area contributed by atoms with E-state index in [0.29, 0.717) is 10.0 Å². The number of carbonyl (C=O) groups excluding carboxylic acids is 2. The molecule has 0 saturated carbocycles. The van der Waals surface area contributed by atoms with E-state index >= 15 is 0 Å². The lowest BCUT2D eigenvalue weighted by Crippen LogP contribution is -2.20. The summed E-state index contributed by atoms with van der Waals surface area (Å²) in [7, 11) is 1.14. The Morgan fingerprint density at radius 1 is 1.40 bits per heavy atom. The number of esters is 1. The molecule has 5 heteroatoms. The normalized spacial score (nSPS) is 11.9. The van der Waals surface area contributed by atoms with Gasteiger partial charge in [-0.3, -0.25) is 4.79 Å². The van der Waals surface area contributed by atoms with E-state index < -0.39 is 17.1 Å².